The summed E-state index contributed by atoms with van der Waals surface area (Å²) in [5, 5.41) is 3.30. The number of hydrogen-bond donors (Lipinski definition) is 1. The van der Waals surface area contributed by atoms with Gasteiger partial charge in [-0.05, 0) is 32.3 Å². The number of carbonyl (C=O) groups is 2. The molecule has 29 heavy (non-hydrogen) atoms. The highest BCUT2D eigenvalue weighted by Crippen LogP contribution is 2.47. The van der Waals surface area contributed by atoms with E-state index < -0.39 is 11.9 Å². The number of esters is 1. The molecular weight excluding hydrogens is 370 g/mol. The third-order valence-electron chi connectivity index (χ3n) is 5.47. The van der Waals surface area contributed by atoms with Gasteiger partial charge in [0.2, 0.25) is 0 Å². The van der Waals surface area contributed by atoms with Crippen LogP contribution in [0.2, 0.25) is 0 Å². The first-order valence-electron chi connectivity index (χ1n) is 10.2. The molecule has 2 aliphatic rings. The molecule has 1 aliphatic heterocycles. The third kappa shape index (κ3) is 4.02. The minimum atomic E-state index is -0.543. The van der Waals surface area contributed by atoms with Crippen molar-refractivity contribution >= 4 is 11.8 Å². The summed E-state index contributed by atoms with van der Waals surface area (Å²) >= 11 is 0. The molecule has 6 heteroatoms. The van der Waals surface area contributed by atoms with Crippen LogP contribution in [0.1, 0.15) is 57.4 Å². The summed E-state index contributed by atoms with van der Waals surface area (Å²) in [6.45, 7) is 4.26. The summed E-state index contributed by atoms with van der Waals surface area (Å²) in [6.07, 6.45) is 3.78. The largest absolute Gasteiger partial charge is 0.493 e. The monoisotopic (exact) mass is 399 g/mol. The average Bonchev–Trinajstić information content (AvgIpc) is 2.72. The summed E-state index contributed by atoms with van der Waals surface area (Å²) in [5.74, 6) is 0.200. The van der Waals surface area contributed by atoms with Gasteiger partial charge in [-0.2, -0.15) is 0 Å². The van der Waals surface area contributed by atoms with Gasteiger partial charge in [0, 0.05) is 29.0 Å². The van der Waals surface area contributed by atoms with Gasteiger partial charge in [0.15, 0.2) is 17.3 Å². The Balaban J connectivity index is 2.15. The molecule has 1 aliphatic carbocycles. The van der Waals surface area contributed by atoms with Gasteiger partial charge in [-0.15, -0.1) is 0 Å². The lowest BCUT2D eigenvalue weighted by molar-refractivity contribution is -0.139. The molecule has 0 radical (unpaired) electrons. The quantitative estimate of drug-likeness (QED) is 0.552. The van der Waals surface area contributed by atoms with E-state index in [-0.39, 0.29) is 5.78 Å². The predicted octanol–water partition coefficient (Wildman–Crippen LogP) is 4.02. The molecule has 0 amide bonds. The van der Waals surface area contributed by atoms with Crippen molar-refractivity contribution in [1.82, 2.24) is 5.32 Å². The van der Waals surface area contributed by atoms with Crippen molar-refractivity contribution in [3.05, 3.63) is 46.3 Å². The molecule has 1 aromatic carbocycles. The van der Waals surface area contributed by atoms with Gasteiger partial charge in [-0.1, -0.05) is 25.5 Å². The summed E-state index contributed by atoms with van der Waals surface area (Å²) in [7, 11) is 3.14. The first-order valence-corrected chi connectivity index (χ1v) is 10.2. The van der Waals surface area contributed by atoms with E-state index in [1.807, 2.05) is 26.0 Å². The van der Waals surface area contributed by atoms with E-state index in [1.54, 1.807) is 20.3 Å². The minimum Gasteiger partial charge on any atom is -0.493 e. The summed E-state index contributed by atoms with van der Waals surface area (Å²) < 4.78 is 16.6. The van der Waals surface area contributed by atoms with Gasteiger partial charge in [-0.3, -0.25) is 4.79 Å². The van der Waals surface area contributed by atoms with Gasteiger partial charge in [0.1, 0.15) is 0 Å². The van der Waals surface area contributed by atoms with Crippen molar-refractivity contribution in [2.45, 2.75) is 51.9 Å². The Labute approximate surface area is 171 Å². The van der Waals surface area contributed by atoms with E-state index in [2.05, 4.69) is 5.32 Å². The summed E-state index contributed by atoms with van der Waals surface area (Å²) in [6, 6.07) is 5.54. The van der Waals surface area contributed by atoms with E-state index in [4.69, 9.17) is 14.2 Å². The first kappa shape index (κ1) is 21.0. The fraction of sp³-hybridized carbons (Fsp3) is 0.478. The predicted molar refractivity (Wildman–Crippen MR) is 110 cm³/mol. The first-order chi connectivity index (χ1) is 14.0. The number of nitrogens with one attached hydrogen (secondary N) is 1. The number of unbranched alkanes of at least 4 members (excludes halogenated alkanes) is 1. The number of dihydropyridines is 1. The molecule has 0 saturated heterocycles. The number of allylic oxidation sites excluding steroid dienone is 3. The molecule has 1 atom stereocenters. The molecule has 1 heterocycles. The van der Waals surface area contributed by atoms with E-state index in [0.29, 0.717) is 35.7 Å². The molecule has 0 fully saturated rings. The van der Waals surface area contributed by atoms with Crippen LogP contribution >= 0.6 is 0 Å². The summed E-state index contributed by atoms with van der Waals surface area (Å²) in [5.41, 5.74) is 3.43. The number of carbonyl (C=O) groups excluding carboxylic acids is 2. The maximum absolute atomic E-state index is 13.1. The zero-order valence-electron chi connectivity index (χ0n) is 17.6. The van der Waals surface area contributed by atoms with Crippen LogP contribution in [0.15, 0.2) is 40.7 Å². The van der Waals surface area contributed by atoms with Crippen LogP contribution in [0.25, 0.3) is 0 Å². The van der Waals surface area contributed by atoms with Crippen molar-refractivity contribution in [3.63, 3.8) is 0 Å². The SMILES string of the molecule is CCCCOC(=O)C1=C(C)NC2=C(C(=O)CCC2)C1c1cccc(OC)c1OC. The minimum absolute atomic E-state index is 0.0555. The highest BCUT2D eigenvalue weighted by molar-refractivity contribution is 6.04. The molecule has 1 unspecified atom stereocenters. The molecule has 1 N–H and O–H groups in total. The molecule has 1 aromatic rings. The highest BCUT2D eigenvalue weighted by atomic mass is 16.5. The lowest BCUT2D eigenvalue weighted by Gasteiger charge is -2.34. The van der Waals surface area contributed by atoms with Crippen LogP contribution < -0.4 is 14.8 Å². The maximum atomic E-state index is 13.1. The normalized spacial score (nSPS) is 18.9. The van der Waals surface area contributed by atoms with Gasteiger partial charge < -0.3 is 19.5 Å². The van der Waals surface area contributed by atoms with Crippen LogP contribution in [0.3, 0.4) is 0 Å². The zero-order valence-corrected chi connectivity index (χ0v) is 17.6. The number of benzene rings is 1. The number of para-hydroxylation sites is 1. The Morgan fingerprint density at radius 3 is 2.69 bits per heavy atom. The smallest absolute Gasteiger partial charge is 0.336 e. The fourth-order valence-electron chi connectivity index (χ4n) is 4.09. The van der Waals surface area contributed by atoms with Crippen LogP contribution in [-0.2, 0) is 14.3 Å². The van der Waals surface area contributed by atoms with Crippen LogP contribution in [-0.4, -0.2) is 32.6 Å². The lowest BCUT2D eigenvalue weighted by Crippen LogP contribution is -2.34. The van der Waals surface area contributed by atoms with Crippen molar-refractivity contribution < 1.29 is 23.8 Å². The summed E-state index contributed by atoms with van der Waals surface area (Å²) in [4.78, 5) is 26.0. The van der Waals surface area contributed by atoms with Gasteiger partial charge in [-0.25, -0.2) is 4.79 Å². The molecule has 0 aromatic heterocycles. The third-order valence-corrected chi connectivity index (χ3v) is 5.47. The van der Waals surface area contributed by atoms with E-state index >= 15 is 0 Å². The second-order valence-corrected chi connectivity index (χ2v) is 7.34. The highest BCUT2D eigenvalue weighted by Gasteiger charge is 2.40. The van der Waals surface area contributed by atoms with Crippen molar-refractivity contribution in [2.75, 3.05) is 20.8 Å². The molecule has 156 valence electrons. The zero-order chi connectivity index (χ0) is 21.0. The molecule has 0 bridgehead atoms. The Morgan fingerprint density at radius 1 is 1.21 bits per heavy atom. The van der Waals surface area contributed by atoms with E-state index in [0.717, 1.165) is 42.6 Å². The Bertz CT molecular complexity index is 868. The number of ether oxygens (including phenoxy) is 3. The maximum Gasteiger partial charge on any atom is 0.336 e. The lowest BCUT2D eigenvalue weighted by atomic mass is 9.75. The molecular formula is C23H29NO5. The average molecular weight is 399 g/mol. The second kappa shape index (κ2) is 9.16. The number of rotatable bonds is 7. The van der Waals surface area contributed by atoms with Crippen LogP contribution in [0.4, 0.5) is 0 Å². The van der Waals surface area contributed by atoms with Crippen molar-refractivity contribution in [3.8, 4) is 11.5 Å². The van der Waals surface area contributed by atoms with Gasteiger partial charge in [0.25, 0.3) is 0 Å². The molecule has 0 saturated carbocycles. The number of hydrogen-bond acceptors (Lipinski definition) is 6. The van der Waals surface area contributed by atoms with E-state index in [9.17, 15) is 9.59 Å². The van der Waals surface area contributed by atoms with Gasteiger partial charge >= 0.3 is 5.97 Å². The van der Waals surface area contributed by atoms with Gasteiger partial charge in [0.05, 0.1) is 32.3 Å². The topological polar surface area (TPSA) is 73.9 Å². The second-order valence-electron chi connectivity index (χ2n) is 7.34. The van der Waals surface area contributed by atoms with Crippen LogP contribution in [0.5, 0.6) is 11.5 Å². The van der Waals surface area contributed by atoms with E-state index in [1.165, 1.54) is 0 Å². The standard InChI is InChI=1S/C23H29NO5/c1-5-6-13-29-23(26)19-14(2)24-16-10-8-11-17(25)21(16)20(19)15-9-7-12-18(27-3)22(15)28-4/h7,9,12,20,24H,5-6,8,10-11,13H2,1-4H3. The van der Waals surface area contributed by atoms with Crippen molar-refractivity contribution in [1.29, 1.82) is 0 Å². The number of ketones is 1. The molecule has 3 rings (SSSR count). The molecule has 6 nitrogen and oxygen atoms in total. The van der Waals surface area contributed by atoms with Crippen LogP contribution in [0, 0.1) is 0 Å². The fourth-order valence-corrected chi connectivity index (χ4v) is 4.09. The molecule has 0 spiro atoms. The number of Topliss-reactive ketones (excluding diaryl/α,β-unsaturated/α-hetero) is 1. The Hall–Kier alpha value is -2.76. The van der Waals surface area contributed by atoms with Crippen molar-refractivity contribution in [2.24, 2.45) is 0 Å². The Morgan fingerprint density at radius 2 is 2.00 bits per heavy atom. The Kier molecular flexibility index (Phi) is 6.62. The number of methoxy groups -OCH3 is 2.